The molecule has 0 aliphatic carbocycles. The second-order valence-electron chi connectivity index (χ2n) is 17.5. The summed E-state index contributed by atoms with van der Waals surface area (Å²) in [5, 5.41) is 30.9. The lowest BCUT2D eigenvalue weighted by Gasteiger charge is -2.40. The van der Waals surface area contributed by atoms with Gasteiger partial charge in [0.15, 0.2) is 12.4 Å². The minimum absolute atomic E-state index is 0.164. The van der Waals surface area contributed by atoms with E-state index in [9.17, 15) is 37.9 Å². The molecule has 6 atom stereocenters. The summed E-state index contributed by atoms with van der Waals surface area (Å²) < 4.78 is 54.1. The highest BCUT2D eigenvalue weighted by atomic mass is 32.2. The van der Waals surface area contributed by atoms with E-state index in [1.54, 1.807) is 0 Å². The summed E-state index contributed by atoms with van der Waals surface area (Å²) in [6.45, 7) is 3.73. The summed E-state index contributed by atoms with van der Waals surface area (Å²) in [4.78, 5) is 25.4. The van der Waals surface area contributed by atoms with Crippen molar-refractivity contribution < 1.29 is 56.8 Å². The van der Waals surface area contributed by atoms with Gasteiger partial charge in [0.1, 0.15) is 36.8 Å². The van der Waals surface area contributed by atoms with E-state index in [-0.39, 0.29) is 19.4 Å². The highest BCUT2D eigenvalue weighted by Crippen LogP contribution is 2.24. The first kappa shape index (κ1) is 58.1. The minimum atomic E-state index is -4.60. The van der Waals surface area contributed by atoms with Gasteiger partial charge < -0.3 is 34.3 Å². The van der Waals surface area contributed by atoms with Crippen molar-refractivity contribution in [3.63, 3.8) is 0 Å². The van der Waals surface area contributed by atoms with Gasteiger partial charge in [0.05, 0.1) is 6.61 Å². The van der Waals surface area contributed by atoms with Crippen LogP contribution in [0.4, 0.5) is 0 Å². The zero-order valence-corrected chi connectivity index (χ0v) is 39.8. The van der Waals surface area contributed by atoms with Crippen LogP contribution in [-0.4, -0.2) is 96.0 Å². The summed E-state index contributed by atoms with van der Waals surface area (Å²) in [6, 6.07) is 0. The van der Waals surface area contributed by atoms with Crippen LogP contribution in [0.1, 0.15) is 219 Å². The predicted molar refractivity (Wildman–Crippen MR) is 247 cm³/mol. The van der Waals surface area contributed by atoms with Gasteiger partial charge in [0.25, 0.3) is 10.1 Å². The number of carbonyl (C=O) groups is 2. The van der Waals surface area contributed by atoms with Crippen LogP contribution in [0.15, 0.2) is 24.3 Å². The van der Waals surface area contributed by atoms with Gasteiger partial charge in [-0.15, -0.1) is 0 Å². The number of allylic oxidation sites excluding steroid dienone is 4. The van der Waals surface area contributed by atoms with E-state index in [1.165, 1.54) is 122 Å². The fourth-order valence-electron chi connectivity index (χ4n) is 7.59. The zero-order valence-electron chi connectivity index (χ0n) is 39.0. The van der Waals surface area contributed by atoms with Gasteiger partial charge in [-0.3, -0.25) is 14.1 Å². The Bertz CT molecular complexity index is 1240. The third kappa shape index (κ3) is 33.6. The maximum atomic E-state index is 12.8. The molecule has 364 valence electrons. The number of ether oxygens (including phenoxy) is 4. The molecule has 0 aromatic heterocycles. The number of aliphatic hydroxyl groups excluding tert-OH is 3. The topological polar surface area (TPSA) is 186 Å². The molecule has 1 aliphatic heterocycles. The number of rotatable bonds is 42. The van der Waals surface area contributed by atoms with E-state index < -0.39 is 71.2 Å². The number of hydrogen-bond acceptors (Lipinski definition) is 11. The number of esters is 2. The molecule has 0 bridgehead atoms. The van der Waals surface area contributed by atoms with E-state index in [0.29, 0.717) is 12.8 Å². The second kappa shape index (κ2) is 39.5. The number of unbranched alkanes of at least 4 members (excludes halogenated alkanes) is 26. The normalized spacial score (nSPS) is 20.0. The molecule has 6 unspecified atom stereocenters. The van der Waals surface area contributed by atoms with Gasteiger partial charge in [-0.2, -0.15) is 8.42 Å². The van der Waals surface area contributed by atoms with Crippen molar-refractivity contribution in [3.8, 4) is 0 Å². The smallest absolute Gasteiger partial charge is 0.306 e. The van der Waals surface area contributed by atoms with Gasteiger partial charge in [-0.1, -0.05) is 173 Å². The summed E-state index contributed by atoms with van der Waals surface area (Å²) in [5.41, 5.74) is 0. The molecule has 0 amide bonds. The molecule has 1 fully saturated rings. The summed E-state index contributed by atoms with van der Waals surface area (Å²) in [6.07, 6.45) is 35.2. The average molecular weight is 903 g/mol. The highest BCUT2D eigenvalue weighted by molar-refractivity contribution is 7.85. The van der Waals surface area contributed by atoms with Crippen LogP contribution >= 0.6 is 0 Å². The summed E-state index contributed by atoms with van der Waals surface area (Å²) >= 11 is 0. The molecule has 0 radical (unpaired) electrons. The fourth-order valence-corrected chi connectivity index (χ4v) is 8.29. The molecule has 13 heteroatoms. The van der Waals surface area contributed by atoms with Crippen LogP contribution in [0.25, 0.3) is 0 Å². The largest absolute Gasteiger partial charge is 0.462 e. The molecule has 1 aliphatic rings. The van der Waals surface area contributed by atoms with Crippen molar-refractivity contribution in [1.29, 1.82) is 0 Å². The lowest BCUT2D eigenvalue weighted by atomic mass is 10.00. The maximum absolute atomic E-state index is 12.8. The number of carbonyl (C=O) groups excluding carboxylic acids is 2. The quantitative estimate of drug-likeness (QED) is 0.0197. The standard InChI is InChI=1S/C49H90O12S/c1-3-5-7-9-11-13-15-16-17-18-19-20-21-22-23-24-25-26-28-30-32-34-36-38-45(51)60-42(39-58-44(50)37-35-33-31-29-27-14-12-10-8-6-4-2)40-59-49-48(54)47(53)46(52)43(61-49)41-62(55,56)57/h10,12,18-19,42-43,46-49,52-54H,3-9,11,13-17,20-41H2,1-2H3,(H,55,56,57)/b12-10-,19-18-. The maximum Gasteiger partial charge on any atom is 0.306 e. The first-order valence-electron chi connectivity index (χ1n) is 24.9. The Morgan fingerprint density at radius 2 is 0.935 bits per heavy atom. The van der Waals surface area contributed by atoms with Crippen LogP contribution in [0.5, 0.6) is 0 Å². The third-order valence-corrected chi connectivity index (χ3v) is 12.3. The van der Waals surface area contributed by atoms with Crippen LogP contribution in [0, 0.1) is 0 Å². The second-order valence-corrected chi connectivity index (χ2v) is 19.0. The lowest BCUT2D eigenvalue weighted by molar-refractivity contribution is -0.297. The molecular formula is C49H90O12S. The van der Waals surface area contributed by atoms with Crippen molar-refractivity contribution in [2.75, 3.05) is 19.0 Å². The van der Waals surface area contributed by atoms with Crippen molar-refractivity contribution in [1.82, 2.24) is 0 Å². The summed E-state index contributed by atoms with van der Waals surface area (Å²) in [7, 11) is -4.60. The molecule has 1 saturated heterocycles. The Labute approximate surface area is 377 Å². The first-order valence-corrected chi connectivity index (χ1v) is 26.5. The number of aliphatic hydroxyl groups is 3. The molecule has 0 saturated carbocycles. The molecule has 0 aromatic carbocycles. The molecule has 0 aromatic rings. The molecule has 1 rings (SSSR count). The van der Waals surface area contributed by atoms with Gasteiger partial charge in [0.2, 0.25) is 0 Å². The van der Waals surface area contributed by atoms with Crippen LogP contribution < -0.4 is 0 Å². The molecule has 0 spiro atoms. The summed E-state index contributed by atoms with van der Waals surface area (Å²) in [5.74, 6) is -1.99. The van der Waals surface area contributed by atoms with E-state index in [1.807, 2.05) is 0 Å². The Morgan fingerprint density at radius 1 is 0.532 bits per heavy atom. The molecule has 62 heavy (non-hydrogen) atoms. The van der Waals surface area contributed by atoms with Crippen molar-refractivity contribution >= 4 is 22.1 Å². The Balaban J connectivity index is 2.34. The van der Waals surface area contributed by atoms with Crippen molar-refractivity contribution in [2.24, 2.45) is 0 Å². The minimum Gasteiger partial charge on any atom is -0.462 e. The average Bonchev–Trinajstić information content (AvgIpc) is 3.24. The van der Waals surface area contributed by atoms with Crippen molar-refractivity contribution in [3.05, 3.63) is 24.3 Å². The SMILES string of the molecule is CCCC/C=C\CCCCCCCC(=O)OCC(COC1OC(CS(=O)(=O)O)C(O)C(O)C1O)OC(=O)CCCCCCCCCCCCC/C=C\CCCCCCCCCC. The third-order valence-electron chi connectivity index (χ3n) is 11.5. The first-order chi connectivity index (χ1) is 30.0. The van der Waals surface area contributed by atoms with Crippen LogP contribution in [0.2, 0.25) is 0 Å². The van der Waals surface area contributed by atoms with Gasteiger partial charge in [0, 0.05) is 12.8 Å². The Kier molecular flexibility index (Phi) is 37.0. The fraction of sp³-hybridized carbons (Fsp3) is 0.878. The highest BCUT2D eigenvalue weighted by Gasteiger charge is 2.46. The molecular weight excluding hydrogens is 813 g/mol. The molecule has 1 heterocycles. The Hall–Kier alpha value is -1.87. The van der Waals surface area contributed by atoms with E-state index in [4.69, 9.17) is 18.9 Å². The molecule has 4 N–H and O–H groups in total. The van der Waals surface area contributed by atoms with Gasteiger partial charge >= 0.3 is 11.9 Å². The zero-order chi connectivity index (χ0) is 45.5. The van der Waals surface area contributed by atoms with E-state index in [2.05, 4.69) is 38.2 Å². The number of hydrogen-bond donors (Lipinski definition) is 4. The van der Waals surface area contributed by atoms with E-state index in [0.717, 1.165) is 57.8 Å². The van der Waals surface area contributed by atoms with E-state index >= 15 is 0 Å². The van der Waals surface area contributed by atoms with Crippen LogP contribution in [0.3, 0.4) is 0 Å². The van der Waals surface area contributed by atoms with Gasteiger partial charge in [-0.05, 0) is 57.8 Å². The predicted octanol–water partition coefficient (Wildman–Crippen LogP) is 10.8. The molecule has 12 nitrogen and oxygen atoms in total. The Morgan fingerprint density at radius 3 is 1.39 bits per heavy atom. The monoisotopic (exact) mass is 903 g/mol. The van der Waals surface area contributed by atoms with Gasteiger partial charge in [-0.25, -0.2) is 0 Å². The van der Waals surface area contributed by atoms with Crippen LogP contribution in [-0.2, 0) is 38.7 Å². The lowest BCUT2D eigenvalue weighted by Crippen LogP contribution is -2.60. The van der Waals surface area contributed by atoms with Crippen molar-refractivity contribution in [2.45, 2.75) is 256 Å².